The van der Waals surface area contributed by atoms with Crippen molar-refractivity contribution in [1.29, 1.82) is 0 Å². The van der Waals surface area contributed by atoms with Crippen LogP contribution in [0.15, 0.2) is 23.8 Å². The Morgan fingerprint density at radius 2 is 2.16 bits per heavy atom. The number of carbonyl (C=O) groups is 2. The molecule has 0 aromatic heterocycles. The monoisotopic (exact) mass is 266 g/mol. The number of aliphatic hydroxyl groups is 1. The molecule has 0 saturated heterocycles. The summed E-state index contributed by atoms with van der Waals surface area (Å²) >= 11 is 0. The van der Waals surface area contributed by atoms with E-state index >= 15 is 0 Å². The van der Waals surface area contributed by atoms with Crippen LogP contribution >= 0.6 is 0 Å². The van der Waals surface area contributed by atoms with Crippen molar-refractivity contribution in [2.45, 2.75) is 45.1 Å². The molecule has 0 heterocycles. The number of hydrogen-bond donors (Lipinski definition) is 2. The lowest BCUT2D eigenvalue weighted by Gasteiger charge is -2.25. The number of allylic oxidation sites excluding steroid dienone is 2. The second-order valence-corrected chi connectivity index (χ2v) is 5.32. The maximum Gasteiger partial charge on any atom is 0.331 e. The van der Waals surface area contributed by atoms with Crippen molar-refractivity contribution in [3.8, 4) is 0 Å². The van der Waals surface area contributed by atoms with Crippen LogP contribution in [0.4, 0.5) is 0 Å². The third kappa shape index (κ3) is 4.63. The van der Waals surface area contributed by atoms with Crippen LogP contribution in [-0.4, -0.2) is 28.6 Å². The molecule has 1 aliphatic rings. The molecule has 19 heavy (non-hydrogen) atoms. The number of aldehydes is 1. The van der Waals surface area contributed by atoms with E-state index in [-0.39, 0.29) is 17.4 Å². The Morgan fingerprint density at radius 3 is 2.74 bits per heavy atom. The molecule has 2 N–H and O–H groups in total. The Kier molecular flexibility index (Phi) is 5.96. The summed E-state index contributed by atoms with van der Waals surface area (Å²) in [6.45, 7) is 5.54. The van der Waals surface area contributed by atoms with Gasteiger partial charge in [0.2, 0.25) is 0 Å². The zero-order chi connectivity index (χ0) is 14.4. The van der Waals surface area contributed by atoms with Crippen LogP contribution in [0.3, 0.4) is 0 Å². The molecule has 3 unspecified atom stereocenters. The van der Waals surface area contributed by atoms with E-state index < -0.39 is 12.1 Å². The van der Waals surface area contributed by atoms with Gasteiger partial charge >= 0.3 is 5.97 Å². The minimum Gasteiger partial charge on any atom is -0.478 e. The molecule has 1 rings (SSSR count). The van der Waals surface area contributed by atoms with Gasteiger partial charge in [-0.3, -0.25) is 4.79 Å². The van der Waals surface area contributed by atoms with E-state index in [4.69, 9.17) is 5.11 Å². The molecule has 0 bridgehead atoms. The van der Waals surface area contributed by atoms with Crippen LogP contribution in [0.1, 0.15) is 39.0 Å². The van der Waals surface area contributed by atoms with Crippen molar-refractivity contribution in [3.63, 3.8) is 0 Å². The van der Waals surface area contributed by atoms with Crippen LogP contribution in [0.25, 0.3) is 0 Å². The van der Waals surface area contributed by atoms with Gasteiger partial charge in [-0.25, -0.2) is 4.79 Å². The molecular formula is C15H22O4. The lowest BCUT2D eigenvalue weighted by molar-refractivity contribution is -0.133. The Labute approximate surface area is 113 Å². The van der Waals surface area contributed by atoms with Gasteiger partial charge in [-0.05, 0) is 49.5 Å². The first kappa shape index (κ1) is 15.6. The summed E-state index contributed by atoms with van der Waals surface area (Å²) in [5.41, 5.74) is 0.837. The van der Waals surface area contributed by atoms with Gasteiger partial charge in [-0.1, -0.05) is 19.6 Å². The first-order valence-corrected chi connectivity index (χ1v) is 6.70. The molecule has 4 heteroatoms. The molecule has 0 saturated carbocycles. The predicted molar refractivity (Wildman–Crippen MR) is 72.7 cm³/mol. The topological polar surface area (TPSA) is 74.6 Å². The molecule has 0 fully saturated rings. The number of aliphatic carboxylic acids is 1. The third-order valence-electron chi connectivity index (χ3n) is 3.91. The summed E-state index contributed by atoms with van der Waals surface area (Å²) in [6, 6.07) is 0. The maximum atomic E-state index is 11.0. The lowest BCUT2D eigenvalue weighted by atomic mass is 9.83. The molecule has 1 aliphatic carbocycles. The summed E-state index contributed by atoms with van der Waals surface area (Å²) in [7, 11) is 0. The van der Waals surface area contributed by atoms with Crippen molar-refractivity contribution >= 4 is 12.3 Å². The highest BCUT2D eigenvalue weighted by Gasteiger charge is 2.25. The van der Waals surface area contributed by atoms with Crippen molar-refractivity contribution in [1.82, 2.24) is 0 Å². The number of carbonyl (C=O) groups excluding carboxylic acids is 1. The van der Waals surface area contributed by atoms with Gasteiger partial charge in [-0.15, -0.1) is 0 Å². The number of rotatable bonds is 3. The number of hydrogen-bond acceptors (Lipinski definition) is 3. The van der Waals surface area contributed by atoms with Gasteiger partial charge in [0.1, 0.15) is 6.29 Å². The highest BCUT2D eigenvalue weighted by atomic mass is 16.4. The minimum absolute atomic E-state index is 0.0892. The van der Waals surface area contributed by atoms with Crippen LogP contribution in [0.2, 0.25) is 0 Å². The highest BCUT2D eigenvalue weighted by Crippen LogP contribution is 2.28. The van der Waals surface area contributed by atoms with E-state index in [0.717, 1.165) is 19.1 Å². The second-order valence-electron chi connectivity index (χ2n) is 5.32. The smallest absolute Gasteiger partial charge is 0.331 e. The van der Waals surface area contributed by atoms with Crippen LogP contribution < -0.4 is 0 Å². The fourth-order valence-corrected chi connectivity index (χ4v) is 2.41. The normalized spacial score (nSPS) is 31.9. The van der Waals surface area contributed by atoms with Gasteiger partial charge in [0.05, 0.1) is 6.10 Å². The highest BCUT2D eigenvalue weighted by molar-refractivity contribution is 5.86. The van der Waals surface area contributed by atoms with E-state index in [1.807, 2.05) is 13.0 Å². The first-order chi connectivity index (χ1) is 8.95. The average Bonchev–Trinajstić information content (AvgIpc) is 2.38. The van der Waals surface area contributed by atoms with E-state index in [1.165, 1.54) is 0 Å². The molecule has 106 valence electrons. The molecule has 4 nitrogen and oxygen atoms in total. The lowest BCUT2D eigenvalue weighted by Crippen LogP contribution is -2.25. The summed E-state index contributed by atoms with van der Waals surface area (Å²) < 4.78 is 0. The van der Waals surface area contributed by atoms with Crippen LogP contribution in [0, 0.1) is 11.8 Å². The SMILES string of the molecule is C=C(C(=O)O)C1CC/C(C=O)=C\CCC(C)C(O)C1. The van der Waals surface area contributed by atoms with E-state index in [0.29, 0.717) is 24.8 Å². The molecule has 0 spiro atoms. The van der Waals surface area contributed by atoms with Gasteiger partial charge in [0.15, 0.2) is 0 Å². The molecule has 0 aromatic rings. The standard InChI is InChI=1S/C15H22O4/c1-10-4-3-5-12(9-16)6-7-13(8-14(10)17)11(2)15(18)19/h5,9-10,13-14,17H,2-4,6-8H2,1H3,(H,18,19)/b12-5+. The van der Waals surface area contributed by atoms with Crippen molar-refractivity contribution in [2.24, 2.45) is 11.8 Å². The van der Waals surface area contributed by atoms with E-state index in [1.54, 1.807) is 0 Å². The largest absolute Gasteiger partial charge is 0.478 e. The molecule has 0 radical (unpaired) electrons. The summed E-state index contributed by atoms with van der Waals surface area (Å²) in [6.07, 6.45) is 5.26. The Balaban J connectivity index is 2.87. The third-order valence-corrected chi connectivity index (χ3v) is 3.91. The number of aliphatic hydroxyl groups excluding tert-OH is 1. The predicted octanol–water partition coefficient (Wildman–Crippen LogP) is 2.33. The van der Waals surface area contributed by atoms with Crippen LogP contribution in [0.5, 0.6) is 0 Å². The van der Waals surface area contributed by atoms with Gasteiger partial charge < -0.3 is 10.2 Å². The molecule has 0 amide bonds. The number of carboxylic acids is 1. The van der Waals surface area contributed by atoms with Gasteiger partial charge in [-0.2, -0.15) is 0 Å². The van der Waals surface area contributed by atoms with Crippen LogP contribution in [-0.2, 0) is 9.59 Å². The van der Waals surface area contributed by atoms with Gasteiger partial charge in [0.25, 0.3) is 0 Å². The molecular weight excluding hydrogens is 244 g/mol. The van der Waals surface area contributed by atoms with E-state index in [9.17, 15) is 14.7 Å². The summed E-state index contributed by atoms with van der Waals surface area (Å²) in [4.78, 5) is 21.9. The average molecular weight is 266 g/mol. The van der Waals surface area contributed by atoms with Gasteiger partial charge in [0, 0.05) is 5.57 Å². The second kappa shape index (κ2) is 7.24. The molecule has 0 aliphatic heterocycles. The van der Waals surface area contributed by atoms with Crippen molar-refractivity contribution in [2.75, 3.05) is 0 Å². The zero-order valence-corrected chi connectivity index (χ0v) is 11.3. The first-order valence-electron chi connectivity index (χ1n) is 6.70. The number of carboxylic acid groups (broad SMARTS) is 1. The maximum absolute atomic E-state index is 11.0. The fraction of sp³-hybridized carbons (Fsp3) is 0.600. The summed E-state index contributed by atoms with van der Waals surface area (Å²) in [5, 5.41) is 19.1. The molecule has 3 atom stereocenters. The Morgan fingerprint density at radius 1 is 1.47 bits per heavy atom. The van der Waals surface area contributed by atoms with Crippen molar-refractivity contribution < 1.29 is 19.8 Å². The zero-order valence-electron chi connectivity index (χ0n) is 11.3. The Bertz CT molecular complexity index is 384. The van der Waals surface area contributed by atoms with E-state index in [2.05, 4.69) is 6.58 Å². The quantitative estimate of drug-likeness (QED) is 0.607. The fourth-order valence-electron chi connectivity index (χ4n) is 2.41. The minimum atomic E-state index is -1.03. The molecule has 0 aromatic carbocycles. The Hall–Kier alpha value is -1.42. The van der Waals surface area contributed by atoms with Crippen molar-refractivity contribution in [3.05, 3.63) is 23.8 Å². The summed E-state index contributed by atoms with van der Waals surface area (Å²) in [5.74, 6) is -1.22.